The minimum atomic E-state index is -4.05. The number of carbonyl (C=O) groups is 2. The maximum atomic E-state index is 14.1. The van der Waals surface area contributed by atoms with Gasteiger partial charge in [-0.05, 0) is 56.0 Å². The van der Waals surface area contributed by atoms with Crippen molar-refractivity contribution < 1.29 is 18.0 Å². The van der Waals surface area contributed by atoms with Gasteiger partial charge in [0.15, 0.2) is 0 Å². The number of nitrogens with zero attached hydrogens (tertiary/aromatic N) is 2. The molecule has 2 amide bonds. The Kier molecular flexibility index (Phi) is 9.41. The summed E-state index contributed by atoms with van der Waals surface area (Å²) in [6.45, 7) is 3.62. The lowest BCUT2D eigenvalue weighted by Crippen LogP contribution is -2.53. The zero-order chi connectivity index (χ0) is 27.8. The van der Waals surface area contributed by atoms with E-state index in [1.807, 2.05) is 38.1 Å². The predicted octanol–water partition coefficient (Wildman–Crippen LogP) is 5.06. The molecule has 4 rings (SSSR count). The smallest absolute Gasteiger partial charge is 0.264 e. The molecule has 0 spiro atoms. The van der Waals surface area contributed by atoms with E-state index in [-0.39, 0.29) is 23.4 Å². The Morgan fingerprint density at radius 1 is 0.923 bits per heavy atom. The predicted molar refractivity (Wildman–Crippen MR) is 154 cm³/mol. The van der Waals surface area contributed by atoms with Crippen LogP contribution in [0.1, 0.15) is 50.2 Å². The molecule has 1 aliphatic carbocycles. The zero-order valence-electron chi connectivity index (χ0n) is 22.6. The zero-order valence-corrected chi connectivity index (χ0v) is 23.4. The molecule has 0 saturated heterocycles. The molecule has 1 saturated carbocycles. The fourth-order valence-electron chi connectivity index (χ4n) is 5.14. The molecule has 1 aliphatic rings. The third-order valence-electron chi connectivity index (χ3n) is 7.18. The second kappa shape index (κ2) is 12.9. The Balaban J connectivity index is 1.69. The minimum absolute atomic E-state index is 0.0953. The number of aryl methyl sites for hydroxylation is 1. The van der Waals surface area contributed by atoms with E-state index in [9.17, 15) is 18.0 Å². The largest absolute Gasteiger partial charge is 0.352 e. The minimum Gasteiger partial charge on any atom is -0.352 e. The molecular weight excluding hydrogens is 510 g/mol. The Morgan fingerprint density at radius 2 is 1.56 bits per heavy atom. The van der Waals surface area contributed by atoms with Crippen LogP contribution in [0.2, 0.25) is 0 Å². The summed E-state index contributed by atoms with van der Waals surface area (Å²) in [5.41, 5.74) is 2.31. The van der Waals surface area contributed by atoms with Gasteiger partial charge in [-0.2, -0.15) is 0 Å². The first-order valence-electron chi connectivity index (χ1n) is 13.6. The van der Waals surface area contributed by atoms with Gasteiger partial charge in [0.2, 0.25) is 11.8 Å². The number of hydrogen-bond acceptors (Lipinski definition) is 4. The molecule has 39 heavy (non-hydrogen) atoms. The maximum Gasteiger partial charge on any atom is 0.264 e. The van der Waals surface area contributed by atoms with Crippen molar-refractivity contribution in [1.82, 2.24) is 10.2 Å². The number of benzene rings is 3. The molecule has 0 radical (unpaired) electrons. The van der Waals surface area contributed by atoms with Crippen LogP contribution in [0.15, 0.2) is 89.8 Å². The van der Waals surface area contributed by atoms with Crippen LogP contribution in [0.25, 0.3) is 0 Å². The topological polar surface area (TPSA) is 86.8 Å². The number of amides is 2. The Hall–Kier alpha value is -3.65. The second-order valence-corrected chi connectivity index (χ2v) is 11.9. The summed E-state index contributed by atoms with van der Waals surface area (Å²) < 4.78 is 28.7. The van der Waals surface area contributed by atoms with Crippen LogP contribution < -0.4 is 9.62 Å². The van der Waals surface area contributed by atoms with E-state index in [1.165, 1.54) is 17.0 Å². The Morgan fingerprint density at radius 3 is 2.18 bits per heavy atom. The van der Waals surface area contributed by atoms with E-state index in [4.69, 9.17) is 0 Å². The average Bonchev–Trinajstić information content (AvgIpc) is 3.45. The van der Waals surface area contributed by atoms with Gasteiger partial charge in [0.25, 0.3) is 10.0 Å². The highest BCUT2D eigenvalue weighted by Gasteiger charge is 2.34. The summed E-state index contributed by atoms with van der Waals surface area (Å²) in [5.74, 6) is -0.629. The third-order valence-corrected chi connectivity index (χ3v) is 8.97. The summed E-state index contributed by atoms with van der Waals surface area (Å²) in [7, 11) is -4.05. The van der Waals surface area contributed by atoms with Crippen LogP contribution in [-0.2, 0) is 26.2 Å². The number of nitrogens with one attached hydrogen (secondary N) is 1. The summed E-state index contributed by atoms with van der Waals surface area (Å²) >= 11 is 0. The quantitative estimate of drug-likeness (QED) is 0.364. The van der Waals surface area contributed by atoms with Gasteiger partial charge in [-0.3, -0.25) is 13.9 Å². The van der Waals surface area contributed by atoms with Gasteiger partial charge < -0.3 is 10.2 Å². The second-order valence-electron chi connectivity index (χ2n) is 10.1. The number of hydrogen-bond donors (Lipinski definition) is 1. The normalized spacial score (nSPS) is 14.5. The van der Waals surface area contributed by atoms with Crippen LogP contribution >= 0.6 is 0 Å². The highest BCUT2D eigenvalue weighted by molar-refractivity contribution is 7.92. The maximum absolute atomic E-state index is 14.1. The van der Waals surface area contributed by atoms with E-state index < -0.39 is 28.5 Å². The number of anilines is 1. The average molecular weight is 548 g/mol. The van der Waals surface area contributed by atoms with Crippen LogP contribution in [0.5, 0.6) is 0 Å². The van der Waals surface area contributed by atoms with Crippen molar-refractivity contribution in [2.75, 3.05) is 10.8 Å². The molecule has 0 bridgehead atoms. The van der Waals surface area contributed by atoms with Crippen LogP contribution in [-0.4, -0.2) is 43.8 Å². The van der Waals surface area contributed by atoms with Crippen molar-refractivity contribution in [2.24, 2.45) is 0 Å². The number of carbonyl (C=O) groups excluding carboxylic acids is 2. The van der Waals surface area contributed by atoms with Gasteiger partial charge in [-0.1, -0.05) is 86.0 Å². The Labute approximate surface area is 231 Å². The molecule has 0 aliphatic heterocycles. The van der Waals surface area contributed by atoms with Crippen LogP contribution in [0, 0.1) is 6.92 Å². The summed E-state index contributed by atoms with van der Waals surface area (Å²) in [6, 6.07) is 23.9. The summed E-state index contributed by atoms with van der Waals surface area (Å²) in [5, 5.41) is 3.14. The van der Waals surface area contributed by atoms with E-state index in [2.05, 4.69) is 5.32 Å². The fraction of sp³-hybridized carbons (Fsp3) is 0.355. The van der Waals surface area contributed by atoms with Crippen molar-refractivity contribution >= 4 is 27.5 Å². The lowest BCUT2D eigenvalue weighted by atomic mass is 10.1. The molecule has 3 aromatic rings. The van der Waals surface area contributed by atoms with E-state index in [0.29, 0.717) is 12.1 Å². The Bertz CT molecular complexity index is 1360. The van der Waals surface area contributed by atoms with Gasteiger partial charge in [0, 0.05) is 12.6 Å². The van der Waals surface area contributed by atoms with E-state index >= 15 is 0 Å². The van der Waals surface area contributed by atoms with Gasteiger partial charge in [0.1, 0.15) is 12.6 Å². The molecule has 0 aromatic heterocycles. The molecule has 1 fully saturated rings. The van der Waals surface area contributed by atoms with Crippen molar-refractivity contribution in [2.45, 2.75) is 69.5 Å². The van der Waals surface area contributed by atoms with Crippen molar-refractivity contribution in [3.63, 3.8) is 0 Å². The molecule has 1 N–H and O–H groups in total. The SMILES string of the molecule is CC[C@@H](C(=O)NC1CCCC1)N(Cc1cccc(C)c1)C(=O)CN(c1ccccc1)S(=O)(=O)c1ccccc1. The summed E-state index contributed by atoms with van der Waals surface area (Å²) in [6.07, 6.45) is 4.44. The van der Waals surface area contributed by atoms with Crippen molar-refractivity contribution in [3.8, 4) is 0 Å². The molecule has 206 valence electrons. The van der Waals surface area contributed by atoms with Gasteiger partial charge in [0.05, 0.1) is 10.6 Å². The molecule has 0 heterocycles. The van der Waals surface area contributed by atoms with Gasteiger partial charge >= 0.3 is 0 Å². The molecule has 1 atom stereocenters. The molecule has 7 nitrogen and oxygen atoms in total. The first-order chi connectivity index (χ1) is 18.8. The fourth-order valence-corrected chi connectivity index (χ4v) is 6.57. The molecule has 3 aromatic carbocycles. The summed E-state index contributed by atoms with van der Waals surface area (Å²) in [4.78, 5) is 29.2. The molecule has 0 unspecified atom stereocenters. The number of para-hydroxylation sites is 1. The van der Waals surface area contributed by atoms with Gasteiger partial charge in [-0.15, -0.1) is 0 Å². The highest BCUT2D eigenvalue weighted by Crippen LogP contribution is 2.25. The van der Waals surface area contributed by atoms with Crippen LogP contribution in [0.4, 0.5) is 5.69 Å². The first kappa shape index (κ1) is 28.4. The monoisotopic (exact) mass is 547 g/mol. The van der Waals surface area contributed by atoms with Crippen LogP contribution in [0.3, 0.4) is 0 Å². The lowest BCUT2D eigenvalue weighted by Gasteiger charge is -2.33. The lowest BCUT2D eigenvalue weighted by molar-refractivity contribution is -0.140. The number of sulfonamides is 1. The van der Waals surface area contributed by atoms with Crippen molar-refractivity contribution in [1.29, 1.82) is 0 Å². The molecular formula is C31H37N3O4S. The first-order valence-corrected chi connectivity index (χ1v) is 15.0. The molecule has 8 heteroatoms. The standard InChI is InChI=1S/C31H37N3O4S/c1-3-29(31(36)32-26-15-10-11-16-26)33(22-25-14-12-13-24(2)21-25)30(35)23-34(27-17-6-4-7-18-27)39(37,38)28-19-8-5-9-20-28/h4-9,12-14,17-21,26,29H,3,10-11,15-16,22-23H2,1-2H3,(H,32,36)/t29-/m0/s1. The third kappa shape index (κ3) is 7.06. The van der Waals surface area contributed by atoms with Crippen molar-refractivity contribution in [3.05, 3.63) is 96.1 Å². The van der Waals surface area contributed by atoms with Gasteiger partial charge in [-0.25, -0.2) is 8.42 Å². The number of rotatable bonds is 11. The van der Waals surface area contributed by atoms with E-state index in [1.54, 1.807) is 48.5 Å². The highest BCUT2D eigenvalue weighted by atomic mass is 32.2. The van der Waals surface area contributed by atoms with E-state index in [0.717, 1.165) is 41.1 Å².